The van der Waals surface area contributed by atoms with Gasteiger partial charge in [0.2, 0.25) is 5.91 Å². The molecule has 2 amide bonds. The van der Waals surface area contributed by atoms with E-state index in [1.807, 2.05) is 6.92 Å². The van der Waals surface area contributed by atoms with Crippen molar-refractivity contribution in [3.8, 4) is 6.07 Å². The Morgan fingerprint density at radius 3 is 2.23 bits per heavy atom. The van der Waals surface area contributed by atoms with Gasteiger partial charge in [-0.3, -0.25) is 29.9 Å². The van der Waals surface area contributed by atoms with Crippen molar-refractivity contribution in [1.29, 1.82) is 5.26 Å². The summed E-state index contributed by atoms with van der Waals surface area (Å²) in [6, 6.07) is 12.3. The molecule has 3 aliphatic rings. The largest absolute Gasteiger partial charge is 0.456 e. The molecule has 3 aromatic rings. The van der Waals surface area contributed by atoms with Crippen LogP contribution in [-0.2, 0) is 38.7 Å². The van der Waals surface area contributed by atoms with Crippen LogP contribution < -0.4 is 0 Å². The summed E-state index contributed by atoms with van der Waals surface area (Å²) in [7, 11) is 0. The lowest BCUT2D eigenvalue weighted by molar-refractivity contribution is -0.385. The molecule has 18 heteroatoms. The van der Waals surface area contributed by atoms with Gasteiger partial charge in [0.1, 0.15) is 23.9 Å². The minimum atomic E-state index is -0.956. The second-order valence-corrected chi connectivity index (χ2v) is 14.8. The molecule has 0 spiro atoms. The first-order valence-corrected chi connectivity index (χ1v) is 17.9. The smallest absolute Gasteiger partial charge is 0.410 e. The number of nitrogens with zero attached hydrogens (tertiary/aromatic N) is 6. The summed E-state index contributed by atoms with van der Waals surface area (Å²) in [5.74, 6) is -2.24. The SMILES string of the molecule is C[C@@H](O)C1C(=O)N2C(C(=O)OCc3ccc([N+](=O)[O-])cc3)=C(S[C@H]3C[C@@H](c4nc(CC#N)cs4)N(C(=O)OCc4ccc([N+](=O)[O-])cc4)C3)[C@H](C)C12. The number of nitriles is 1. The lowest BCUT2D eigenvalue weighted by atomic mass is 9.79. The van der Waals surface area contributed by atoms with E-state index in [2.05, 4.69) is 11.1 Å². The van der Waals surface area contributed by atoms with Crippen molar-refractivity contribution in [3.05, 3.63) is 107 Å². The number of hydrogen-bond acceptors (Lipinski definition) is 14. The molecule has 1 N–H and O–H groups in total. The maximum Gasteiger partial charge on any atom is 0.410 e. The molecular formula is C34H32N6O10S2. The highest BCUT2D eigenvalue weighted by atomic mass is 32.2. The van der Waals surface area contributed by atoms with E-state index < -0.39 is 51.9 Å². The summed E-state index contributed by atoms with van der Waals surface area (Å²) in [6.07, 6.45) is -1.11. The Balaban J connectivity index is 1.24. The van der Waals surface area contributed by atoms with Gasteiger partial charge in [-0.25, -0.2) is 14.6 Å². The van der Waals surface area contributed by atoms with Crippen molar-refractivity contribution in [2.75, 3.05) is 6.54 Å². The molecule has 4 heterocycles. The quantitative estimate of drug-likeness (QED) is 0.111. The number of carbonyl (C=O) groups is 3. The number of thioether (sulfide) groups is 1. The third kappa shape index (κ3) is 7.20. The van der Waals surface area contributed by atoms with E-state index in [-0.39, 0.29) is 54.4 Å². The number of thiazole rings is 1. The molecule has 16 nitrogen and oxygen atoms in total. The van der Waals surface area contributed by atoms with Crippen molar-refractivity contribution >= 4 is 52.4 Å². The first-order valence-electron chi connectivity index (χ1n) is 16.2. The number of β-lactam (4-membered cyclic amide) rings is 1. The molecule has 52 heavy (non-hydrogen) atoms. The highest BCUT2D eigenvalue weighted by Crippen LogP contribution is 2.53. The number of rotatable bonds is 12. The highest BCUT2D eigenvalue weighted by molar-refractivity contribution is 8.03. The first-order chi connectivity index (χ1) is 24.9. The summed E-state index contributed by atoms with van der Waals surface area (Å²) in [5.41, 5.74) is 1.48. The van der Waals surface area contributed by atoms with Gasteiger partial charge >= 0.3 is 12.1 Å². The molecule has 0 bridgehead atoms. The number of esters is 1. The van der Waals surface area contributed by atoms with Gasteiger partial charge in [0.05, 0.1) is 52.1 Å². The van der Waals surface area contributed by atoms with Gasteiger partial charge < -0.3 is 19.5 Å². The van der Waals surface area contributed by atoms with Gasteiger partial charge in [-0.05, 0) is 48.7 Å². The van der Waals surface area contributed by atoms with Gasteiger partial charge in [-0.1, -0.05) is 6.92 Å². The molecular weight excluding hydrogens is 717 g/mol. The molecule has 1 aromatic heterocycles. The molecule has 6 rings (SSSR count). The second kappa shape index (κ2) is 15.1. The van der Waals surface area contributed by atoms with E-state index in [4.69, 9.17) is 9.47 Å². The molecule has 2 unspecified atom stereocenters. The maximum atomic E-state index is 13.7. The average molecular weight is 749 g/mol. The number of hydrogen-bond donors (Lipinski definition) is 1. The topological polar surface area (TPSA) is 219 Å². The Labute approximate surface area is 304 Å². The number of carbonyl (C=O) groups excluding carboxylic acids is 3. The van der Waals surface area contributed by atoms with Crippen LogP contribution in [0.4, 0.5) is 16.2 Å². The molecule has 270 valence electrons. The van der Waals surface area contributed by atoms with Crippen molar-refractivity contribution < 1.29 is 38.8 Å². The summed E-state index contributed by atoms with van der Waals surface area (Å²) < 4.78 is 11.3. The number of non-ortho nitro benzene ring substituents is 2. The fourth-order valence-corrected chi connectivity index (χ4v) is 9.14. The number of likely N-dealkylation sites (tertiary alicyclic amines) is 1. The molecule has 0 radical (unpaired) electrons. The van der Waals surface area contributed by atoms with Crippen LogP contribution in [0, 0.1) is 43.4 Å². The summed E-state index contributed by atoms with van der Waals surface area (Å²) in [5, 5.41) is 43.8. The lowest BCUT2D eigenvalue weighted by Gasteiger charge is -2.46. The van der Waals surface area contributed by atoms with Crippen molar-refractivity contribution in [2.24, 2.45) is 11.8 Å². The minimum absolute atomic E-state index is 0.0626. The Bertz CT molecular complexity index is 1980. The zero-order valence-electron chi connectivity index (χ0n) is 27.8. The van der Waals surface area contributed by atoms with Gasteiger partial charge in [-0.2, -0.15) is 5.26 Å². The van der Waals surface area contributed by atoms with Crippen LogP contribution in [-0.4, -0.2) is 71.6 Å². The Hall–Kier alpha value is -5.38. The fourth-order valence-electron chi connectivity index (χ4n) is 6.68. The van der Waals surface area contributed by atoms with Gasteiger partial charge in [-0.15, -0.1) is 23.1 Å². The number of nitro groups is 2. The van der Waals surface area contributed by atoms with Crippen LogP contribution in [0.1, 0.15) is 48.1 Å². The molecule has 6 atom stereocenters. The third-order valence-electron chi connectivity index (χ3n) is 9.23. The van der Waals surface area contributed by atoms with Gasteiger partial charge in [0.25, 0.3) is 11.4 Å². The Kier molecular flexibility index (Phi) is 10.6. The summed E-state index contributed by atoms with van der Waals surface area (Å²) >= 11 is 2.65. The number of fused-ring (bicyclic) bond motifs is 1. The van der Waals surface area contributed by atoms with Crippen LogP contribution in [0.15, 0.2) is 64.5 Å². The number of amides is 2. The van der Waals surface area contributed by atoms with Crippen LogP contribution in [0.25, 0.3) is 0 Å². The third-order valence-corrected chi connectivity index (χ3v) is 11.7. The second-order valence-electron chi connectivity index (χ2n) is 12.6. The Morgan fingerprint density at radius 1 is 1.08 bits per heavy atom. The summed E-state index contributed by atoms with van der Waals surface area (Å²) in [4.78, 5) is 69.7. The van der Waals surface area contributed by atoms with E-state index in [0.717, 1.165) is 0 Å². The lowest BCUT2D eigenvalue weighted by Crippen LogP contribution is -2.63. The number of benzene rings is 2. The standard InChI is InChI=1S/C34H32N6O10S2/c1-18-28-27(19(2)41)32(42)38(28)29(33(43)49-15-20-3-7-23(8-4-20)39(45)46)30(18)52-25-13-26(31-36-22(11-12-35)17-51-31)37(14-25)34(44)50-16-21-5-9-24(10-6-21)40(47)48/h3-10,17-19,25-28,41H,11,13-16H2,1-2H3/t18-,19-,25+,26+,27?,28?/m1/s1. The Morgan fingerprint density at radius 2 is 1.67 bits per heavy atom. The van der Waals surface area contributed by atoms with Crippen molar-refractivity contribution in [1.82, 2.24) is 14.8 Å². The average Bonchev–Trinajstić information content (AvgIpc) is 3.82. The zero-order chi connectivity index (χ0) is 37.3. The maximum absolute atomic E-state index is 13.7. The minimum Gasteiger partial charge on any atom is -0.456 e. The van der Waals surface area contributed by atoms with E-state index in [9.17, 15) is 45.0 Å². The molecule has 0 saturated carbocycles. The van der Waals surface area contributed by atoms with E-state index in [0.29, 0.717) is 33.2 Å². The monoisotopic (exact) mass is 748 g/mol. The normalized spacial score (nSPS) is 22.7. The van der Waals surface area contributed by atoms with E-state index in [1.54, 1.807) is 5.38 Å². The van der Waals surface area contributed by atoms with Crippen LogP contribution >= 0.6 is 23.1 Å². The molecule has 0 aliphatic carbocycles. The van der Waals surface area contributed by atoms with E-state index in [1.165, 1.54) is 88.4 Å². The predicted octanol–water partition coefficient (Wildman–Crippen LogP) is 5.02. The first kappa shape index (κ1) is 36.4. The molecule has 3 aliphatic heterocycles. The van der Waals surface area contributed by atoms with Crippen LogP contribution in [0.3, 0.4) is 0 Å². The van der Waals surface area contributed by atoms with E-state index >= 15 is 0 Å². The number of ether oxygens (including phenoxy) is 2. The fraction of sp³-hybridized carbons (Fsp3) is 0.382. The number of aliphatic hydroxyl groups is 1. The summed E-state index contributed by atoms with van der Waals surface area (Å²) in [6.45, 7) is 3.24. The predicted molar refractivity (Wildman–Crippen MR) is 185 cm³/mol. The zero-order valence-corrected chi connectivity index (χ0v) is 29.5. The number of nitro benzene ring substituents is 2. The van der Waals surface area contributed by atoms with Crippen LogP contribution in [0.5, 0.6) is 0 Å². The number of aliphatic hydroxyl groups excluding tert-OH is 1. The van der Waals surface area contributed by atoms with Gasteiger partial charge in [0.15, 0.2) is 0 Å². The molecule has 2 fully saturated rings. The van der Waals surface area contributed by atoms with Crippen molar-refractivity contribution in [2.45, 2.75) is 63.3 Å². The van der Waals surface area contributed by atoms with Crippen LogP contribution in [0.2, 0.25) is 0 Å². The van der Waals surface area contributed by atoms with Gasteiger partial charge in [0, 0.05) is 52.3 Å². The van der Waals surface area contributed by atoms with Crippen molar-refractivity contribution in [3.63, 3.8) is 0 Å². The highest BCUT2D eigenvalue weighted by Gasteiger charge is 2.60. The molecule has 2 saturated heterocycles. The number of aromatic nitrogens is 1. The molecule has 2 aromatic carbocycles.